The first kappa shape index (κ1) is 15.2. The number of aromatic nitrogens is 4. The lowest BCUT2D eigenvalue weighted by Crippen LogP contribution is -2.23. The molecule has 0 N–H and O–H groups in total. The predicted octanol–water partition coefficient (Wildman–Crippen LogP) is 3.37. The number of hydrogen-bond donors (Lipinski definition) is 0. The second kappa shape index (κ2) is 5.99. The number of methoxy groups -OCH3 is 1. The molecule has 1 atom stereocenters. The summed E-state index contributed by atoms with van der Waals surface area (Å²) in [7, 11) is 1.65. The predicted molar refractivity (Wildman–Crippen MR) is 96.0 cm³/mol. The third-order valence-electron chi connectivity index (χ3n) is 4.15. The van der Waals surface area contributed by atoms with Gasteiger partial charge in [-0.15, -0.1) is 10.2 Å². The Labute approximate surface area is 152 Å². The largest absolute Gasteiger partial charge is 0.496 e. The maximum absolute atomic E-state index is 6.04. The van der Waals surface area contributed by atoms with E-state index in [9.17, 15) is 0 Å². The average Bonchev–Trinajstić information content (AvgIpc) is 3.28. The van der Waals surface area contributed by atoms with Gasteiger partial charge in [-0.1, -0.05) is 35.6 Å². The van der Waals surface area contributed by atoms with E-state index in [1.165, 1.54) is 11.3 Å². The van der Waals surface area contributed by atoms with Gasteiger partial charge in [-0.2, -0.15) is 9.61 Å². The van der Waals surface area contributed by atoms with Crippen LogP contribution in [-0.2, 0) is 0 Å². The van der Waals surface area contributed by atoms with E-state index >= 15 is 0 Å². The first-order chi connectivity index (χ1) is 12.8. The number of benzene rings is 2. The molecule has 0 spiro atoms. The topological polar surface area (TPSA) is 70.8 Å². The van der Waals surface area contributed by atoms with Crippen molar-refractivity contribution in [3.8, 4) is 27.8 Å². The summed E-state index contributed by atoms with van der Waals surface area (Å²) in [5.41, 5.74) is 0.919. The van der Waals surface area contributed by atoms with E-state index in [1.807, 2.05) is 48.5 Å². The zero-order valence-corrected chi connectivity index (χ0v) is 14.6. The van der Waals surface area contributed by atoms with Crippen LogP contribution < -0.4 is 14.2 Å². The Morgan fingerprint density at radius 2 is 1.88 bits per heavy atom. The Balaban J connectivity index is 1.54. The van der Waals surface area contributed by atoms with Gasteiger partial charge < -0.3 is 14.2 Å². The van der Waals surface area contributed by atoms with Gasteiger partial charge in [0.05, 0.1) is 12.7 Å². The summed E-state index contributed by atoms with van der Waals surface area (Å²) in [5, 5.41) is 14.0. The normalized spacial score (nSPS) is 16.0. The summed E-state index contributed by atoms with van der Waals surface area (Å²) in [6.07, 6.45) is -0.368. The molecule has 0 bridgehead atoms. The summed E-state index contributed by atoms with van der Waals surface area (Å²) < 4.78 is 19.0. The Bertz CT molecular complexity index is 1090. The maximum Gasteiger partial charge on any atom is 0.235 e. The molecule has 8 heteroatoms. The van der Waals surface area contributed by atoms with E-state index in [-0.39, 0.29) is 6.10 Å². The molecule has 130 valence electrons. The molecule has 3 heterocycles. The van der Waals surface area contributed by atoms with Crippen LogP contribution in [0.4, 0.5) is 0 Å². The molecule has 0 aliphatic carbocycles. The van der Waals surface area contributed by atoms with Crippen LogP contribution >= 0.6 is 11.3 Å². The molecule has 5 rings (SSSR count). The number of ether oxygens (including phenoxy) is 3. The van der Waals surface area contributed by atoms with Gasteiger partial charge in [-0.05, 0) is 24.3 Å². The highest BCUT2D eigenvalue weighted by molar-refractivity contribution is 7.19. The molecule has 2 aromatic carbocycles. The maximum atomic E-state index is 6.04. The Hall–Kier alpha value is -3.13. The molecule has 26 heavy (non-hydrogen) atoms. The van der Waals surface area contributed by atoms with Gasteiger partial charge in [0.2, 0.25) is 4.96 Å². The molecule has 0 fully saturated rings. The van der Waals surface area contributed by atoms with Gasteiger partial charge in [0, 0.05) is 0 Å². The quantitative estimate of drug-likeness (QED) is 0.554. The molecule has 1 aliphatic rings. The van der Waals surface area contributed by atoms with Gasteiger partial charge in [0.15, 0.2) is 28.4 Å². The zero-order valence-electron chi connectivity index (χ0n) is 13.8. The van der Waals surface area contributed by atoms with Crippen molar-refractivity contribution >= 4 is 16.3 Å². The summed E-state index contributed by atoms with van der Waals surface area (Å²) in [4.78, 5) is 0.698. The van der Waals surface area contributed by atoms with Gasteiger partial charge in [0.1, 0.15) is 12.4 Å². The number of nitrogens with zero attached hydrogens (tertiary/aromatic N) is 4. The van der Waals surface area contributed by atoms with Crippen molar-refractivity contribution in [3.05, 3.63) is 54.4 Å². The molecule has 0 radical (unpaired) electrons. The Kier molecular flexibility index (Phi) is 3.49. The second-order valence-electron chi connectivity index (χ2n) is 5.72. The van der Waals surface area contributed by atoms with Crippen molar-refractivity contribution in [1.82, 2.24) is 19.8 Å². The van der Waals surface area contributed by atoms with Crippen LogP contribution in [0.3, 0.4) is 0 Å². The number of hydrogen-bond acceptors (Lipinski definition) is 7. The number of rotatable bonds is 3. The van der Waals surface area contributed by atoms with E-state index in [0.29, 0.717) is 23.1 Å². The fourth-order valence-electron chi connectivity index (χ4n) is 2.91. The number of fused-ring (bicyclic) bond motifs is 2. The van der Waals surface area contributed by atoms with E-state index in [2.05, 4.69) is 15.3 Å². The summed E-state index contributed by atoms with van der Waals surface area (Å²) in [6, 6.07) is 15.3. The lowest BCUT2D eigenvalue weighted by Gasteiger charge is -2.24. The van der Waals surface area contributed by atoms with Crippen LogP contribution in [0.1, 0.15) is 11.9 Å². The fraction of sp³-hybridized carbons (Fsp3) is 0.167. The Morgan fingerprint density at radius 1 is 1.08 bits per heavy atom. The van der Waals surface area contributed by atoms with Crippen molar-refractivity contribution in [1.29, 1.82) is 0 Å². The highest BCUT2D eigenvalue weighted by Gasteiger charge is 2.28. The minimum atomic E-state index is -0.368. The second-order valence-corrected chi connectivity index (χ2v) is 6.68. The van der Waals surface area contributed by atoms with Gasteiger partial charge in [0.25, 0.3) is 0 Å². The van der Waals surface area contributed by atoms with Crippen LogP contribution in [0.5, 0.6) is 17.2 Å². The molecule has 1 aliphatic heterocycles. The fourth-order valence-corrected chi connectivity index (χ4v) is 3.79. The van der Waals surface area contributed by atoms with Gasteiger partial charge >= 0.3 is 0 Å². The van der Waals surface area contributed by atoms with Gasteiger partial charge in [-0.3, -0.25) is 0 Å². The minimum absolute atomic E-state index is 0.360. The van der Waals surface area contributed by atoms with E-state index in [4.69, 9.17) is 14.2 Å². The summed E-state index contributed by atoms with van der Waals surface area (Å²) >= 11 is 1.45. The molecule has 4 aromatic rings. The molecule has 2 aromatic heterocycles. The molecule has 0 saturated carbocycles. The lowest BCUT2D eigenvalue weighted by atomic mass is 10.2. The third kappa shape index (κ3) is 2.38. The summed E-state index contributed by atoms with van der Waals surface area (Å²) in [5.74, 6) is 2.82. The first-order valence-electron chi connectivity index (χ1n) is 8.07. The van der Waals surface area contributed by atoms with Crippen LogP contribution in [0.25, 0.3) is 15.5 Å². The first-order valence-corrected chi connectivity index (χ1v) is 8.89. The highest BCUT2D eigenvalue weighted by atomic mass is 32.1. The molecule has 0 unspecified atom stereocenters. The monoisotopic (exact) mass is 366 g/mol. The molecule has 7 nitrogen and oxygen atoms in total. The van der Waals surface area contributed by atoms with Gasteiger partial charge in [-0.25, -0.2) is 0 Å². The minimum Gasteiger partial charge on any atom is -0.496 e. The van der Waals surface area contributed by atoms with Crippen molar-refractivity contribution in [2.75, 3.05) is 13.7 Å². The van der Waals surface area contributed by atoms with Crippen molar-refractivity contribution in [3.63, 3.8) is 0 Å². The molecular formula is C18H14N4O3S. The third-order valence-corrected chi connectivity index (χ3v) is 5.08. The zero-order chi connectivity index (χ0) is 17.5. The molecule has 0 saturated heterocycles. The highest BCUT2D eigenvalue weighted by Crippen LogP contribution is 2.37. The SMILES string of the molecule is COc1ccccc1-c1nn2c([C@H]3COc4ccccc4O3)nnc2s1. The van der Waals surface area contributed by atoms with Crippen LogP contribution in [0.2, 0.25) is 0 Å². The van der Waals surface area contributed by atoms with Crippen molar-refractivity contribution in [2.45, 2.75) is 6.10 Å². The van der Waals surface area contributed by atoms with E-state index in [0.717, 1.165) is 22.1 Å². The van der Waals surface area contributed by atoms with Crippen LogP contribution in [0, 0.1) is 0 Å². The Morgan fingerprint density at radius 3 is 2.77 bits per heavy atom. The van der Waals surface area contributed by atoms with Crippen LogP contribution in [0.15, 0.2) is 48.5 Å². The van der Waals surface area contributed by atoms with Crippen molar-refractivity contribution < 1.29 is 14.2 Å². The summed E-state index contributed by atoms with van der Waals surface area (Å²) in [6.45, 7) is 0.360. The lowest BCUT2D eigenvalue weighted by molar-refractivity contribution is 0.0836. The van der Waals surface area contributed by atoms with E-state index in [1.54, 1.807) is 11.6 Å². The molecular weight excluding hydrogens is 352 g/mol. The van der Waals surface area contributed by atoms with E-state index < -0.39 is 0 Å². The smallest absolute Gasteiger partial charge is 0.235 e. The van der Waals surface area contributed by atoms with Crippen LogP contribution in [-0.4, -0.2) is 33.5 Å². The average molecular weight is 366 g/mol. The standard InChI is InChI=1S/C18H14N4O3S/c1-23-12-7-3-2-6-11(12)17-21-22-16(19-20-18(22)26-17)15-10-24-13-8-4-5-9-14(13)25-15/h2-9,15H,10H2,1H3/t15-/m1/s1. The van der Waals surface area contributed by atoms with Crippen molar-refractivity contribution in [2.24, 2.45) is 0 Å². The number of para-hydroxylation sites is 3. The molecule has 0 amide bonds.